The van der Waals surface area contributed by atoms with E-state index in [0.29, 0.717) is 16.7 Å². The number of nitrogens with zero attached hydrogens (tertiary/aromatic N) is 2. The van der Waals surface area contributed by atoms with Gasteiger partial charge in [0.1, 0.15) is 0 Å². The summed E-state index contributed by atoms with van der Waals surface area (Å²) in [6.45, 7) is 25.5. The number of hydrogen-bond acceptors (Lipinski definition) is 4. The average molecular weight is 349 g/mol. The Balaban J connectivity index is 4.97. The lowest BCUT2D eigenvalue weighted by molar-refractivity contribution is 0.213. The van der Waals surface area contributed by atoms with Crippen molar-refractivity contribution < 1.29 is 0 Å². The second-order valence-electron chi connectivity index (χ2n) is 8.29. The van der Waals surface area contributed by atoms with E-state index in [4.69, 9.17) is 0 Å². The predicted molar refractivity (Wildman–Crippen MR) is 107 cm³/mol. The SMILES string of the molecule is CCC(C)N(SC(C)SN(C(C)CC)C(C)(C)C)C(C)(C)C. The molecule has 0 rings (SSSR count). The minimum absolute atomic E-state index is 0.192. The summed E-state index contributed by atoms with van der Waals surface area (Å²) in [6, 6.07) is 1.19. The van der Waals surface area contributed by atoms with Gasteiger partial charge in [-0.1, -0.05) is 37.7 Å². The van der Waals surface area contributed by atoms with Crippen molar-refractivity contribution >= 4 is 23.9 Å². The molecule has 0 spiro atoms. The Morgan fingerprint density at radius 3 is 1.14 bits per heavy atom. The predicted octanol–water partition coefficient (Wildman–Crippen LogP) is 6.43. The molecule has 0 saturated heterocycles. The quantitative estimate of drug-likeness (QED) is 0.368. The third kappa shape index (κ3) is 7.46. The molecule has 0 radical (unpaired) electrons. The van der Waals surface area contributed by atoms with E-state index < -0.39 is 0 Å². The molecule has 2 atom stereocenters. The van der Waals surface area contributed by atoms with E-state index in [-0.39, 0.29) is 11.1 Å². The molecule has 0 aromatic carbocycles. The summed E-state index contributed by atoms with van der Waals surface area (Å²) in [6.07, 6.45) is 2.38. The van der Waals surface area contributed by atoms with E-state index in [2.05, 4.69) is 84.8 Å². The highest BCUT2D eigenvalue weighted by Gasteiger charge is 2.32. The van der Waals surface area contributed by atoms with Gasteiger partial charge in [0.25, 0.3) is 0 Å². The van der Waals surface area contributed by atoms with Gasteiger partial charge in [0.15, 0.2) is 0 Å². The third-order valence-corrected chi connectivity index (χ3v) is 7.21. The molecule has 0 saturated carbocycles. The fourth-order valence-corrected chi connectivity index (χ4v) is 5.21. The van der Waals surface area contributed by atoms with Gasteiger partial charge >= 0.3 is 0 Å². The Labute approximate surface area is 149 Å². The van der Waals surface area contributed by atoms with Crippen LogP contribution in [0.4, 0.5) is 0 Å². The molecule has 0 aromatic rings. The van der Waals surface area contributed by atoms with Crippen LogP contribution in [-0.2, 0) is 0 Å². The first-order chi connectivity index (χ1) is 9.84. The highest BCUT2D eigenvalue weighted by Crippen LogP contribution is 2.39. The average Bonchev–Trinajstić information content (AvgIpc) is 2.37. The summed E-state index contributed by atoms with van der Waals surface area (Å²) in [7, 11) is 0. The van der Waals surface area contributed by atoms with Gasteiger partial charge in [-0.3, -0.25) is 0 Å². The fourth-order valence-electron chi connectivity index (χ4n) is 2.52. The van der Waals surface area contributed by atoms with E-state index in [1.54, 1.807) is 0 Å². The van der Waals surface area contributed by atoms with Crippen LogP contribution in [0.25, 0.3) is 0 Å². The Kier molecular flexibility index (Phi) is 9.45. The molecule has 2 unspecified atom stereocenters. The fraction of sp³-hybridized carbons (Fsp3) is 1.00. The van der Waals surface area contributed by atoms with Gasteiger partial charge in [-0.15, -0.1) is 0 Å². The van der Waals surface area contributed by atoms with Crippen LogP contribution in [0.1, 0.15) is 89.0 Å². The highest BCUT2D eigenvalue weighted by molar-refractivity contribution is 8.14. The van der Waals surface area contributed by atoms with Crippen LogP contribution in [0.2, 0.25) is 0 Å². The Hall–Kier alpha value is 0.620. The molecule has 0 aliphatic heterocycles. The summed E-state index contributed by atoms with van der Waals surface area (Å²) in [5.41, 5.74) is 0.385. The van der Waals surface area contributed by atoms with Crippen LogP contribution in [0, 0.1) is 0 Å². The van der Waals surface area contributed by atoms with Crippen LogP contribution in [0.3, 0.4) is 0 Å². The van der Waals surface area contributed by atoms with E-state index in [1.807, 2.05) is 23.9 Å². The third-order valence-electron chi connectivity index (χ3n) is 3.83. The van der Waals surface area contributed by atoms with Gasteiger partial charge < -0.3 is 0 Å². The molecule has 0 heterocycles. The van der Waals surface area contributed by atoms with Crippen LogP contribution in [0.15, 0.2) is 0 Å². The van der Waals surface area contributed by atoms with E-state index in [9.17, 15) is 0 Å². The van der Waals surface area contributed by atoms with Crippen molar-refractivity contribution in [1.82, 2.24) is 8.61 Å². The maximum atomic E-state index is 2.59. The van der Waals surface area contributed by atoms with E-state index in [1.165, 1.54) is 12.8 Å². The zero-order valence-electron chi connectivity index (χ0n) is 16.9. The Morgan fingerprint density at radius 1 is 0.682 bits per heavy atom. The van der Waals surface area contributed by atoms with Gasteiger partial charge in [0.05, 0.1) is 4.58 Å². The van der Waals surface area contributed by atoms with Crippen molar-refractivity contribution in [3.8, 4) is 0 Å². The lowest BCUT2D eigenvalue weighted by Crippen LogP contribution is -2.45. The Morgan fingerprint density at radius 2 is 0.955 bits per heavy atom. The summed E-state index contributed by atoms with van der Waals surface area (Å²) in [5, 5.41) is 0. The van der Waals surface area contributed by atoms with Crippen LogP contribution in [0.5, 0.6) is 0 Å². The normalized spacial score (nSPS) is 17.9. The molecular formula is C18H40N2S2. The maximum absolute atomic E-state index is 2.59. The molecule has 0 aromatic heterocycles. The second kappa shape index (κ2) is 9.19. The van der Waals surface area contributed by atoms with Crippen molar-refractivity contribution in [1.29, 1.82) is 0 Å². The summed E-state index contributed by atoms with van der Waals surface area (Å²) in [5.74, 6) is 0. The monoisotopic (exact) mass is 348 g/mol. The van der Waals surface area contributed by atoms with Crippen molar-refractivity contribution in [3.63, 3.8) is 0 Å². The van der Waals surface area contributed by atoms with Gasteiger partial charge in [-0.25, -0.2) is 8.61 Å². The molecule has 0 aliphatic carbocycles. The van der Waals surface area contributed by atoms with Crippen molar-refractivity contribution in [3.05, 3.63) is 0 Å². The van der Waals surface area contributed by atoms with E-state index in [0.717, 1.165) is 0 Å². The van der Waals surface area contributed by atoms with Gasteiger partial charge in [0, 0.05) is 23.2 Å². The zero-order chi connectivity index (χ0) is 17.7. The standard InChI is InChI=1S/C18H40N2S2/c1-12-14(3)19(17(6,7)8)21-16(5)22-20(15(4)13-2)18(9,10)11/h14-16H,12-13H2,1-11H3. The molecule has 0 N–H and O–H groups in total. The first-order valence-corrected chi connectivity index (χ1v) is 10.4. The minimum Gasteiger partial charge on any atom is -0.242 e. The summed E-state index contributed by atoms with van der Waals surface area (Å²) < 4.78 is 5.69. The van der Waals surface area contributed by atoms with E-state index >= 15 is 0 Å². The smallest absolute Gasteiger partial charge is 0.0768 e. The number of hydrogen-bond donors (Lipinski definition) is 0. The summed E-state index contributed by atoms with van der Waals surface area (Å²) >= 11 is 4.02. The minimum atomic E-state index is 0.192. The maximum Gasteiger partial charge on any atom is 0.0768 e. The largest absolute Gasteiger partial charge is 0.242 e. The molecule has 134 valence electrons. The summed E-state index contributed by atoms with van der Waals surface area (Å²) in [4.78, 5) is 0. The molecule has 4 heteroatoms. The first kappa shape index (κ1) is 22.6. The van der Waals surface area contributed by atoms with Gasteiger partial charge in [0.2, 0.25) is 0 Å². The molecule has 22 heavy (non-hydrogen) atoms. The lowest BCUT2D eigenvalue weighted by atomic mass is 10.1. The topological polar surface area (TPSA) is 6.48 Å². The lowest BCUT2D eigenvalue weighted by Gasteiger charge is -2.43. The van der Waals surface area contributed by atoms with Crippen LogP contribution >= 0.6 is 23.9 Å². The van der Waals surface area contributed by atoms with Crippen LogP contribution < -0.4 is 0 Å². The molecule has 2 nitrogen and oxygen atoms in total. The first-order valence-electron chi connectivity index (χ1n) is 8.76. The molecule has 0 fully saturated rings. The van der Waals surface area contributed by atoms with Gasteiger partial charge in [-0.2, -0.15) is 0 Å². The highest BCUT2D eigenvalue weighted by atomic mass is 32.2. The van der Waals surface area contributed by atoms with Crippen molar-refractivity contribution in [2.75, 3.05) is 0 Å². The van der Waals surface area contributed by atoms with Crippen molar-refractivity contribution in [2.45, 2.75) is 117 Å². The molecule has 0 bridgehead atoms. The second-order valence-corrected chi connectivity index (χ2v) is 11.2. The van der Waals surface area contributed by atoms with Crippen molar-refractivity contribution in [2.24, 2.45) is 0 Å². The Bertz CT molecular complexity index is 277. The molecule has 0 aliphatic rings. The number of rotatable bonds is 8. The molecule has 0 amide bonds. The van der Waals surface area contributed by atoms with Crippen LogP contribution in [-0.4, -0.2) is 36.4 Å². The molecular weight excluding hydrogens is 308 g/mol. The zero-order valence-corrected chi connectivity index (χ0v) is 18.5. The van der Waals surface area contributed by atoms with Gasteiger partial charge in [-0.05, 0) is 75.2 Å².